The van der Waals surface area contributed by atoms with Crippen molar-refractivity contribution in [3.8, 4) is 0 Å². The first kappa shape index (κ1) is 26.5. The Labute approximate surface area is 206 Å². The number of aryl methyl sites for hydroxylation is 2. The maximum atomic E-state index is 13.7. The summed E-state index contributed by atoms with van der Waals surface area (Å²) in [5.74, 6) is -0.148. The van der Waals surface area contributed by atoms with Gasteiger partial charge in [-0.25, -0.2) is 4.98 Å². The molecule has 35 heavy (non-hydrogen) atoms. The number of halogens is 3. The van der Waals surface area contributed by atoms with E-state index in [0.29, 0.717) is 5.69 Å². The molecule has 0 saturated carbocycles. The van der Waals surface area contributed by atoms with E-state index in [0.717, 1.165) is 56.0 Å². The average molecular weight is 485 g/mol. The molecule has 0 aliphatic heterocycles. The molecule has 0 unspecified atom stereocenters. The molecular weight excluding hydrogens is 449 g/mol. The van der Waals surface area contributed by atoms with Gasteiger partial charge in [0, 0.05) is 17.6 Å². The highest BCUT2D eigenvalue weighted by Crippen LogP contribution is 2.36. The summed E-state index contributed by atoms with van der Waals surface area (Å²) in [6.07, 6.45) is 6.01. The van der Waals surface area contributed by atoms with Crippen LogP contribution in [0.5, 0.6) is 0 Å². The van der Waals surface area contributed by atoms with E-state index in [1.54, 1.807) is 6.07 Å². The number of aromatic nitrogens is 2. The second kappa shape index (κ2) is 13.1. The molecule has 0 fully saturated rings. The van der Waals surface area contributed by atoms with Crippen molar-refractivity contribution in [3.05, 3.63) is 71.4 Å². The number of unbranched alkanes of at least 4 members (excludes halogenated alkanes) is 5. The van der Waals surface area contributed by atoms with Gasteiger partial charge in [-0.2, -0.15) is 18.2 Å². The molecule has 0 spiro atoms. The van der Waals surface area contributed by atoms with E-state index < -0.39 is 11.7 Å². The van der Waals surface area contributed by atoms with E-state index in [1.165, 1.54) is 24.8 Å². The van der Waals surface area contributed by atoms with Crippen molar-refractivity contribution in [3.63, 3.8) is 0 Å². The maximum absolute atomic E-state index is 13.7. The molecule has 0 aliphatic rings. The van der Waals surface area contributed by atoms with Crippen molar-refractivity contribution in [2.45, 2.75) is 77.8 Å². The van der Waals surface area contributed by atoms with Crippen LogP contribution in [0.4, 0.5) is 36.3 Å². The van der Waals surface area contributed by atoms with Gasteiger partial charge in [0.2, 0.25) is 5.95 Å². The van der Waals surface area contributed by atoms with Crippen LogP contribution in [0.2, 0.25) is 0 Å². The monoisotopic (exact) mass is 484 g/mol. The van der Waals surface area contributed by atoms with E-state index in [-0.39, 0.29) is 11.8 Å². The predicted octanol–water partition coefficient (Wildman–Crippen LogP) is 8.84. The van der Waals surface area contributed by atoms with Gasteiger partial charge < -0.3 is 10.6 Å². The number of benzene rings is 2. The molecule has 0 amide bonds. The molecule has 3 aromatic rings. The fraction of sp³-hybridized carbons (Fsp3) is 0.429. The second-order valence-corrected chi connectivity index (χ2v) is 8.83. The maximum Gasteiger partial charge on any atom is 0.421 e. The van der Waals surface area contributed by atoms with Gasteiger partial charge in [-0.3, -0.25) is 0 Å². The average Bonchev–Trinajstić information content (AvgIpc) is 2.83. The number of hydrogen-bond donors (Lipinski definition) is 2. The Morgan fingerprint density at radius 1 is 0.771 bits per heavy atom. The summed E-state index contributed by atoms with van der Waals surface area (Å²) in [5, 5.41) is 5.97. The number of anilines is 4. The summed E-state index contributed by atoms with van der Waals surface area (Å²) < 4.78 is 41.1. The zero-order chi connectivity index (χ0) is 25.1. The minimum Gasteiger partial charge on any atom is -0.339 e. The van der Waals surface area contributed by atoms with Crippen molar-refractivity contribution in [2.24, 2.45) is 0 Å². The van der Waals surface area contributed by atoms with Crippen LogP contribution in [-0.4, -0.2) is 9.97 Å². The van der Waals surface area contributed by atoms with E-state index in [1.807, 2.05) is 42.5 Å². The Balaban J connectivity index is 1.77. The predicted molar refractivity (Wildman–Crippen MR) is 138 cm³/mol. The minimum absolute atomic E-state index is 0.111. The first-order valence-corrected chi connectivity index (χ1v) is 12.6. The van der Waals surface area contributed by atoms with Gasteiger partial charge in [0.05, 0.1) is 0 Å². The van der Waals surface area contributed by atoms with Crippen LogP contribution in [0.1, 0.15) is 75.5 Å². The highest BCUT2D eigenvalue weighted by atomic mass is 19.4. The SMILES string of the molecule is CCCCCCc1ccc(Nc2ncc(C(F)(F)F)c(Nc3ccccc3CCCCC)n2)cc1. The van der Waals surface area contributed by atoms with Crippen molar-refractivity contribution >= 4 is 23.1 Å². The lowest BCUT2D eigenvalue weighted by molar-refractivity contribution is -0.137. The van der Waals surface area contributed by atoms with Crippen LogP contribution >= 0.6 is 0 Å². The van der Waals surface area contributed by atoms with E-state index in [9.17, 15) is 13.2 Å². The lowest BCUT2D eigenvalue weighted by atomic mass is 10.1. The summed E-state index contributed by atoms with van der Waals surface area (Å²) in [4.78, 5) is 8.14. The number of nitrogens with zero attached hydrogens (tertiary/aromatic N) is 2. The molecule has 0 aliphatic carbocycles. The Bertz CT molecular complexity index is 1050. The number of hydrogen-bond acceptors (Lipinski definition) is 4. The van der Waals surface area contributed by atoms with Crippen molar-refractivity contribution in [1.29, 1.82) is 0 Å². The molecule has 3 rings (SSSR count). The van der Waals surface area contributed by atoms with Crippen molar-refractivity contribution in [1.82, 2.24) is 9.97 Å². The zero-order valence-corrected chi connectivity index (χ0v) is 20.6. The summed E-state index contributed by atoms with van der Waals surface area (Å²) in [6, 6.07) is 15.3. The second-order valence-electron chi connectivity index (χ2n) is 8.83. The topological polar surface area (TPSA) is 49.8 Å². The third kappa shape index (κ3) is 8.26. The number of alkyl halides is 3. The van der Waals surface area contributed by atoms with Crippen molar-refractivity contribution in [2.75, 3.05) is 10.6 Å². The van der Waals surface area contributed by atoms with Crippen LogP contribution in [0.15, 0.2) is 54.7 Å². The van der Waals surface area contributed by atoms with Crippen LogP contribution in [-0.2, 0) is 19.0 Å². The first-order valence-electron chi connectivity index (χ1n) is 12.6. The first-order chi connectivity index (χ1) is 16.9. The van der Waals surface area contributed by atoms with E-state index in [4.69, 9.17) is 0 Å². The summed E-state index contributed by atoms with van der Waals surface area (Å²) in [7, 11) is 0. The highest BCUT2D eigenvalue weighted by molar-refractivity contribution is 5.65. The fourth-order valence-corrected chi connectivity index (χ4v) is 3.94. The summed E-state index contributed by atoms with van der Waals surface area (Å²) in [6.45, 7) is 4.31. The number of rotatable bonds is 13. The molecule has 1 aromatic heterocycles. The summed E-state index contributed by atoms with van der Waals surface area (Å²) in [5.41, 5.74) is 2.67. The quantitative estimate of drug-likeness (QED) is 0.238. The van der Waals surface area contributed by atoms with Crippen LogP contribution in [0.3, 0.4) is 0 Å². The number of nitrogens with one attached hydrogen (secondary N) is 2. The van der Waals surface area contributed by atoms with Gasteiger partial charge in [0.25, 0.3) is 0 Å². The van der Waals surface area contributed by atoms with Crippen LogP contribution in [0, 0.1) is 0 Å². The fourth-order valence-electron chi connectivity index (χ4n) is 3.94. The molecule has 188 valence electrons. The Kier molecular flexibility index (Phi) is 9.94. The largest absolute Gasteiger partial charge is 0.421 e. The Morgan fingerprint density at radius 2 is 1.46 bits per heavy atom. The molecule has 2 N–H and O–H groups in total. The van der Waals surface area contributed by atoms with Crippen molar-refractivity contribution < 1.29 is 13.2 Å². The zero-order valence-electron chi connectivity index (χ0n) is 20.6. The van der Waals surface area contributed by atoms with Gasteiger partial charge >= 0.3 is 6.18 Å². The van der Waals surface area contributed by atoms with Crippen LogP contribution in [0.25, 0.3) is 0 Å². The van der Waals surface area contributed by atoms with Gasteiger partial charge in [-0.1, -0.05) is 76.3 Å². The van der Waals surface area contributed by atoms with Crippen LogP contribution < -0.4 is 10.6 Å². The molecule has 0 atom stereocenters. The Hall–Kier alpha value is -3.09. The molecule has 1 heterocycles. The molecule has 4 nitrogen and oxygen atoms in total. The molecular formula is C28H35F3N4. The molecule has 0 saturated heterocycles. The summed E-state index contributed by atoms with van der Waals surface area (Å²) >= 11 is 0. The van der Waals surface area contributed by atoms with Gasteiger partial charge in [-0.15, -0.1) is 0 Å². The normalized spacial score (nSPS) is 11.5. The lowest BCUT2D eigenvalue weighted by Crippen LogP contribution is -2.13. The standard InChI is InChI=1S/C28H35F3N4/c1-3-5-7-9-12-21-16-18-23(19-17-21)33-27-32-20-24(28(29,30)31)26(35-27)34-25-15-11-10-14-22(25)13-8-6-4-2/h10-11,14-20H,3-9,12-13H2,1-2H3,(H2,32,33,34,35). The highest BCUT2D eigenvalue weighted by Gasteiger charge is 2.35. The number of para-hydroxylation sites is 1. The van der Waals surface area contributed by atoms with E-state index >= 15 is 0 Å². The van der Waals surface area contributed by atoms with E-state index in [2.05, 4.69) is 34.4 Å². The Morgan fingerprint density at radius 3 is 2.17 bits per heavy atom. The lowest BCUT2D eigenvalue weighted by Gasteiger charge is -2.17. The molecule has 0 radical (unpaired) electrons. The third-order valence-corrected chi connectivity index (χ3v) is 5.94. The smallest absolute Gasteiger partial charge is 0.339 e. The van der Waals surface area contributed by atoms with Gasteiger partial charge in [0.15, 0.2) is 0 Å². The molecule has 0 bridgehead atoms. The third-order valence-electron chi connectivity index (χ3n) is 5.94. The van der Waals surface area contributed by atoms with Gasteiger partial charge in [-0.05, 0) is 55.0 Å². The molecule has 7 heteroatoms. The van der Waals surface area contributed by atoms with Gasteiger partial charge in [0.1, 0.15) is 11.4 Å². The minimum atomic E-state index is -4.57. The molecule has 2 aromatic carbocycles.